The Balaban J connectivity index is 0.000000281. The zero-order chi connectivity index (χ0) is 17.3. The Kier molecular flexibility index (Phi) is 7.54. The third-order valence-corrected chi connectivity index (χ3v) is 4.16. The molecule has 0 nitrogen and oxygen atoms in total. The van der Waals surface area contributed by atoms with Crippen LogP contribution in [0, 0.1) is 0 Å². The van der Waals surface area contributed by atoms with Crippen LogP contribution in [0.15, 0.2) is 72.8 Å². The van der Waals surface area contributed by atoms with E-state index < -0.39 is 0 Å². The molecule has 0 fully saturated rings. The van der Waals surface area contributed by atoms with E-state index >= 15 is 0 Å². The summed E-state index contributed by atoms with van der Waals surface area (Å²) in [4.78, 5) is 0. The molecule has 122 valence electrons. The van der Waals surface area contributed by atoms with Gasteiger partial charge in [0.05, 0.1) is 0 Å². The van der Waals surface area contributed by atoms with E-state index in [-0.39, 0.29) is 5.41 Å². The largest absolute Gasteiger partial charge is 0.0919 e. The molecule has 0 unspecified atom stereocenters. The first-order chi connectivity index (χ1) is 11.0. The fourth-order valence-corrected chi connectivity index (χ4v) is 2.67. The van der Waals surface area contributed by atoms with Crippen molar-refractivity contribution in [2.45, 2.75) is 47.0 Å². The lowest BCUT2D eigenvalue weighted by Crippen LogP contribution is -2.14. The topological polar surface area (TPSA) is 0 Å². The molecule has 2 aromatic carbocycles. The van der Waals surface area contributed by atoms with Crippen molar-refractivity contribution >= 4 is 0 Å². The van der Waals surface area contributed by atoms with E-state index in [9.17, 15) is 0 Å². The molecule has 3 rings (SSSR count). The third-order valence-electron chi connectivity index (χ3n) is 4.16. The smallest absolute Gasteiger partial charge is 0.0158 e. The first kappa shape index (κ1) is 19.0. The summed E-state index contributed by atoms with van der Waals surface area (Å²) in [5, 5.41) is 0. The van der Waals surface area contributed by atoms with Gasteiger partial charge in [0.25, 0.3) is 0 Å². The Morgan fingerprint density at radius 2 is 0.870 bits per heavy atom. The molecule has 0 atom stereocenters. The molecule has 0 saturated carbocycles. The van der Waals surface area contributed by atoms with Crippen LogP contribution in [-0.2, 0) is 5.41 Å². The van der Waals surface area contributed by atoms with Crippen LogP contribution in [0.5, 0.6) is 0 Å². The summed E-state index contributed by atoms with van der Waals surface area (Å²) in [6, 6.07) is 17.4. The number of hydrogen-bond donors (Lipinski definition) is 0. The van der Waals surface area contributed by atoms with E-state index in [0.29, 0.717) is 0 Å². The average Bonchev–Trinajstić information content (AvgIpc) is 2.84. The molecule has 23 heavy (non-hydrogen) atoms. The second kappa shape index (κ2) is 9.15. The summed E-state index contributed by atoms with van der Waals surface area (Å²) in [6.07, 6.45) is 8.00. The van der Waals surface area contributed by atoms with E-state index in [1.54, 1.807) is 0 Å². The number of rotatable bonds is 0. The molecule has 0 aromatic heterocycles. The van der Waals surface area contributed by atoms with Gasteiger partial charge in [0.1, 0.15) is 0 Å². The van der Waals surface area contributed by atoms with Gasteiger partial charge < -0.3 is 0 Å². The number of benzene rings is 2. The Morgan fingerprint density at radius 3 is 1.17 bits per heavy atom. The molecule has 0 heterocycles. The predicted molar refractivity (Wildman–Crippen MR) is 105 cm³/mol. The minimum absolute atomic E-state index is 0.160. The van der Waals surface area contributed by atoms with Gasteiger partial charge in [-0.2, -0.15) is 0 Å². The summed E-state index contributed by atoms with van der Waals surface area (Å²) < 4.78 is 0. The van der Waals surface area contributed by atoms with E-state index in [0.717, 1.165) is 0 Å². The van der Waals surface area contributed by atoms with Gasteiger partial charge in [0.2, 0.25) is 0 Å². The number of hydrogen-bond acceptors (Lipinski definition) is 0. The van der Waals surface area contributed by atoms with Gasteiger partial charge in [0, 0.05) is 5.41 Å². The van der Waals surface area contributed by atoms with Gasteiger partial charge in [-0.25, -0.2) is 0 Å². The van der Waals surface area contributed by atoms with Crippen LogP contribution >= 0.6 is 0 Å². The van der Waals surface area contributed by atoms with Crippen LogP contribution in [0.4, 0.5) is 0 Å². The predicted octanol–water partition coefficient (Wildman–Crippen LogP) is 7.16. The maximum Gasteiger partial charge on any atom is 0.0158 e. The van der Waals surface area contributed by atoms with Crippen LogP contribution in [-0.4, -0.2) is 0 Å². The number of allylic oxidation sites excluding steroid dienone is 4. The highest BCUT2D eigenvalue weighted by Gasteiger charge is 2.34. The summed E-state index contributed by atoms with van der Waals surface area (Å²) in [6.45, 7) is 12.6. The van der Waals surface area contributed by atoms with Crippen molar-refractivity contribution in [3.05, 3.63) is 84.0 Å². The zero-order valence-corrected chi connectivity index (χ0v) is 15.4. The van der Waals surface area contributed by atoms with Crippen molar-refractivity contribution in [3.8, 4) is 11.1 Å². The molecular formula is C23H30. The van der Waals surface area contributed by atoms with E-state index in [1.165, 1.54) is 22.3 Å². The number of fused-ring (bicyclic) bond motifs is 3. The Morgan fingerprint density at radius 1 is 0.565 bits per heavy atom. The maximum atomic E-state index is 2.30. The summed E-state index contributed by atoms with van der Waals surface area (Å²) in [5.41, 5.74) is 5.86. The van der Waals surface area contributed by atoms with Crippen LogP contribution in [0.3, 0.4) is 0 Å². The monoisotopic (exact) mass is 306 g/mol. The summed E-state index contributed by atoms with van der Waals surface area (Å²) >= 11 is 0. The molecule has 0 spiro atoms. The van der Waals surface area contributed by atoms with Crippen molar-refractivity contribution < 1.29 is 0 Å². The summed E-state index contributed by atoms with van der Waals surface area (Å²) in [5.74, 6) is 0. The lowest BCUT2D eigenvalue weighted by atomic mass is 9.82. The SMILES string of the molecule is C/C=C/C.C/C=C/C.CC1(C)c2ccccc2-c2ccccc21. The molecular weight excluding hydrogens is 276 g/mol. The molecule has 1 aliphatic carbocycles. The Bertz CT molecular complexity index is 592. The fourth-order valence-electron chi connectivity index (χ4n) is 2.67. The van der Waals surface area contributed by atoms with E-state index in [4.69, 9.17) is 0 Å². The van der Waals surface area contributed by atoms with Crippen LogP contribution in [0.25, 0.3) is 11.1 Å². The molecule has 0 amide bonds. The molecule has 0 radical (unpaired) electrons. The van der Waals surface area contributed by atoms with E-state index in [2.05, 4.69) is 62.4 Å². The van der Waals surface area contributed by atoms with Gasteiger partial charge in [-0.05, 0) is 49.9 Å². The fraction of sp³-hybridized carbons (Fsp3) is 0.304. The van der Waals surface area contributed by atoms with Crippen molar-refractivity contribution in [1.29, 1.82) is 0 Å². The Labute approximate surface area is 142 Å². The van der Waals surface area contributed by atoms with Gasteiger partial charge in [0.15, 0.2) is 0 Å². The van der Waals surface area contributed by atoms with Crippen LogP contribution in [0.2, 0.25) is 0 Å². The first-order valence-corrected chi connectivity index (χ1v) is 8.38. The minimum atomic E-state index is 0.160. The second-order valence-corrected chi connectivity index (χ2v) is 6.05. The highest BCUT2D eigenvalue weighted by molar-refractivity contribution is 5.80. The van der Waals surface area contributed by atoms with Crippen LogP contribution < -0.4 is 0 Å². The molecule has 0 saturated heterocycles. The summed E-state index contributed by atoms with van der Waals surface area (Å²) in [7, 11) is 0. The molecule has 2 aromatic rings. The van der Waals surface area contributed by atoms with Crippen molar-refractivity contribution in [3.63, 3.8) is 0 Å². The lowest BCUT2D eigenvalue weighted by molar-refractivity contribution is 0.660. The van der Waals surface area contributed by atoms with Gasteiger partial charge in [-0.1, -0.05) is 86.7 Å². The molecule has 1 aliphatic rings. The van der Waals surface area contributed by atoms with Crippen molar-refractivity contribution in [2.75, 3.05) is 0 Å². The van der Waals surface area contributed by atoms with Gasteiger partial charge in [-0.15, -0.1) is 0 Å². The zero-order valence-electron chi connectivity index (χ0n) is 15.4. The first-order valence-electron chi connectivity index (χ1n) is 8.38. The quantitative estimate of drug-likeness (QED) is 0.453. The average molecular weight is 306 g/mol. The standard InChI is InChI=1S/C15H14.2C4H8/c1-15(2)13-9-5-3-7-11(13)12-8-4-6-10-14(12)15;2*1-3-4-2/h3-10H,1-2H3;2*3-4H,1-2H3/b;2*4-3+. The van der Waals surface area contributed by atoms with Crippen LogP contribution in [0.1, 0.15) is 52.7 Å². The highest BCUT2D eigenvalue weighted by Crippen LogP contribution is 2.47. The van der Waals surface area contributed by atoms with E-state index in [1.807, 2.05) is 52.0 Å². The Hall–Kier alpha value is -2.08. The van der Waals surface area contributed by atoms with Crippen molar-refractivity contribution in [2.24, 2.45) is 0 Å². The second-order valence-electron chi connectivity index (χ2n) is 6.05. The lowest BCUT2D eigenvalue weighted by Gasteiger charge is -2.20. The molecule has 0 heteroatoms. The highest BCUT2D eigenvalue weighted by atomic mass is 14.4. The molecule has 0 aliphatic heterocycles. The minimum Gasteiger partial charge on any atom is -0.0919 e. The molecule has 0 bridgehead atoms. The van der Waals surface area contributed by atoms with Crippen molar-refractivity contribution in [1.82, 2.24) is 0 Å². The normalized spacial score (nSPS) is 13.7. The van der Waals surface area contributed by atoms with Gasteiger partial charge in [-0.3, -0.25) is 0 Å². The third kappa shape index (κ3) is 4.45. The van der Waals surface area contributed by atoms with Gasteiger partial charge >= 0.3 is 0 Å². The molecule has 0 N–H and O–H groups in total. The maximum absolute atomic E-state index is 2.30.